The number of oxazole rings is 1. The molecule has 0 unspecified atom stereocenters. The number of piperazine rings is 1. The van der Waals surface area contributed by atoms with E-state index in [1.807, 2.05) is 65.9 Å². The third-order valence-electron chi connectivity index (χ3n) is 26.6. The van der Waals surface area contributed by atoms with E-state index in [0.29, 0.717) is 189 Å². The van der Waals surface area contributed by atoms with E-state index in [4.69, 9.17) is 78.8 Å². The first-order chi connectivity index (χ1) is 62.2. The van der Waals surface area contributed by atoms with Crippen LogP contribution in [-0.4, -0.2) is 318 Å². The number of alkyl carbamates (subject to hydrolysis) is 1. The number of nitrogens with zero attached hydrogens (tertiary/aromatic N) is 9. The van der Waals surface area contributed by atoms with Crippen molar-refractivity contribution in [2.24, 2.45) is 35.3 Å². The van der Waals surface area contributed by atoms with E-state index >= 15 is 0 Å². The number of carbonyl (C=O) groups is 6. The number of nitrogens with one attached hydrogen (secondary N) is 1. The zero-order valence-electron chi connectivity index (χ0n) is 76.2. The number of ketones is 2. The van der Waals surface area contributed by atoms with Crippen LogP contribution < -0.4 is 22.5 Å². The van der Waals surface area contributed by atoms with Gasteiger partial charge in [-0.3, -0.25) is 29.0 Å². The number of nitrogens with two attached hydrogens (primary N) is 3. The van der Waals surface area contributed by atoms with E-state index in [9.17, 15) is 49.2 Å². The van der Waals surface area contributed by atoms with Crippen LogP contribution in [0, 0.1) is 29.6 Å². The Balaban J connectivity index is 0.493. The fraction of sp³-hybridized carbons (Fsp3) is 0.660. The van der Waals surface area contributed by atoms with E-state index in [-0.39, 0.29) is 81.1 Å². The largest absolute Gasteiger partial charge is 0.459 e. The highest BCUT2D eigenvalue weighted by atomic mass is 16.6. The molecule has 0 radical (unpaired) electrons. The normalized spacial score (nSPS) is 29.7. The summed E-state index contributed by atoms with van der Waals surface area (Å²) in [5.74, 6) is -8.06. The molecule has 35 nitrogen and oxygen atoms in total. The van der Waals surface area contributed by atoms with Gasteiger partial charge in [0.25, 0.3) is 17.7 Å². The van der Waals surface area contributed by atoms with Gasteiger partial charge in [0, 0.05) is 121 Å². The minimum Gasteiger partial charge on any atom is -0.459 e. The smallest absolute Gasteiger partial charge is 0.407 e. The van der Waals surface area contributed by atoms with Crippen molar-refractivity contribution in [1.29, 1.82) is 0 Å². The Morgan fingerprint density at radius 1 is 0.713 bits per heavy atom. The Kier molecular flexibility index (Phi) is 37.1. The summed E-state index contributed by atoms with van der Waals surface area (Å²) >= 11 is 0. The Morgan fingerprint density at radius 2 is 1.42 bits per heavy atom. The van der Waals surface area contributed by atoms with E-state index < -0.39 is 114 Å². The number of aliphatic hydroxyl groups excluding tert-OH is 3. The van der Waals surface area contributed by atoms with Crippen LogP contribution in [0.1, 0.15) is 148 Å². The van der Waals surface area contributed by atoms with Crippen LogP contribution in [0.3, 0.4) is 0 Å². The van der Waals surface area contributed by atoms with E-state index in [1.165, 1.54) is 19.0 Å². The molecule has 12 rings (SSSR count). The monoisotopic (exact) mass is 1800 g/mol. The Morgan fingerprint density at radius 3 is 2.12 bits per heavy atom. The molecule has 3 aromatic heterocycles. The molecule has 6 aliphatic heterocycles. The predicted molar refractivity (Wildman–Crippen MR) is 479 cm³/mol. The highest BCUT2D eigenvalue weighted by Crippen LogP contribution is 2.40. The number of methoxy groups -OCH3 is 2. The molecule has 18 atom stereocenters. The topological polar surface area (TPSA) is 458 Å². The molecule has 1 saturated carbocycles. The molecule has 710 valence electrons. The molecule has 5 fully saturated rings. The van der Waals surface area contributed by atoms with Crippen LogP contribution in [0.15, 0.2) is 94.7 Å². The van der Waals surface area contributed by atoms with Gasteiger partial charge in [-0.2, -0.15) is 10.1 Å². The molecule has 7 aliphatic rings. The number of amides is 3. The van der Waals surface area contributed by atoms with Crippen molar-refractivity contribution >= 4 is 69.4 Å². The number of likely N-dealkylation sites (tertiary alicyclic amines) is 2. The molecular weight excluding hydrogens is 1660 g/mol. The van der Waals surface area contributed by atoms with Gasteiger partial charge < -0.3 is 109 Å². The highest BCUT2D eigenvalue weighted by molar-refractivity contribution is 6.39. The van der Waals surface area contributed by atoms with Crippen LogP contribution in [0.4, 0.5) is 16.6 Å². The number of esters is 1. The standard InChI is InChI=1S/C94H137N13O22/c1-58-14-10-9-11-15-59(2)78(118-7)51-71-22-17-63(6)94(117,129-71)87(113)90(114)106-28-13-12-16-74(106)91(115)126-79(52-75(108)60(3)45-62(5)85(111)86(112)84(110)61(4)44-58)72(95)47-64-19-23-77(80(48-64)119-8)128-93(116)98-27-33-121-37-38-122-34-30-103-55-70-50-69(103)56-104(70)31-35-123-39-41-125-43-42-124-40-36-120-32-26-81(109)105-29-25-66-46-65(18-20-68(66)54-105)53-107-89-82(88(96)99-57-100-89)83(102-107)67-21-24-76-73(49-67)101-92(97)127-76/h9-11,14-15,18,20-21,24,45-46,49,57-58,60-61,63-64,69-72,74-75,77-80,85-86,108,111-112,117H,12-13,16-17,19,22-23,25-44,47-48,50-56,95H2,1-8H3,(H2,97,101)(H,98,116)(H2,96,99,100)/b11-9+,14-10+,59-15+,62-45+/t58-,60-,61-,63-,64+,69+,70+,71+,72-,74+,75-,77-,78+,79+,80-,85-,86+,94-/m1/s1. The number of piperidine rings is 1. The van der Waals surface area contributed by atoms with Gasteiger partial charge in [-0.15, -0.1) is 0 Å². The van der Waals surface area contributed by atoms with Gasteiger partial charge in [0.2, 0.25) is 11.7 Å². The number of hydrogen-bond donors (Lipinski definition) is 8. The van der Waals surface area contributed by atoms with Gasteiger partial charge in [0.1, 0.15) is 53.8 Å². The van der Waals surface area contributed by atoms with Gasteiger partial charge in [-0.1, -0.05) is 82.4 Å². The third kappa shape index (κ3) is 26.9. The molecule has 9 heterocycles. The van der Waals surface area contributed by atoms with Crippen molar-refractivity contribution in [3.8, 4) is 11.3 Å². The van der Waals surface area contributed by atoms with Crippen molar-refractivity contribution in [2.45, 2.75) is 230 Å². The van der Waals surface area contributed by atoms with Crippen molar-refractivity contribution in [3.05, 3.63) is 107 Å². The number of aromatic nitrogens is 5. The van der Waals surface area contributed by atoms with Crippen LogP contribution in [0.5, 0.6) is 0 Å². The van der Waals surface area contributed by atoms with Crippen molar-refractivity contribution in [3.63, 3.8) is 0 Å². The van der Waals surface area contributed by atoms with Crippen molar-refractivity contribution in [1.82, 2.24) is 49.6 Å². The fourth-order valence-corrected chi connectivity index (χ4v) is 19.0. The van der Waals surface area contributed by atoms with Gasteiger partial charge in [-0.05, 0) is 149 Å². The average molecular weight is 1800 g/mol. The molecule has 0 spiro atoms. The number of nitrogen functional groups attached to an aromatic ring is 2. The SMILES string of the molecule is CO[C@H]1C[C@@H]2CC[C@@H](C)[C@@](O)(O2)C(=O)C(=O)N2CCCC[C@H]2C(=O)O[C@H]([C@H](N)C[C@@H]2CC[C@@H](OC(=O)NCCOCCOCCN3C[C@@H]4C[C@H]3CN4CCOCCOCCOCCOCCC(=O)N3CCc4cc(Cn5nc(-c6ccc7oc(N)nc7c6)c6c(N)ncnc65)ccc4C3)[C@H](OC)C2)C[C@@H](O)[C@H](C)/C=C(\C)[C@@H](O)[C@@H](O)C(=O)[C@H](C)C[C@H](C)/C=C/C=C/C=C/1C. The zero-order valence-corrected chi connectivity index (χ0v) is 76.2. The summed E-state index contributed by atoms with van der Waals surface area (Å²) in [4.78, 5) is 105. The molecular formula is C94H137N13O22. The van der Waals surface area contributed by atoms with Gasteiger partial charge >= 0.3 is 12.1 Å². The molecule has 2 aromatic carbocycles. The summed E-state index contributed by atoms with van der Waals surface area (Å²) in [6.45, 7) is 21.1. The molecule has 5 aromatic rings. The number of rotatable bonds is 33. The summed E-state index contributed by atoms with van der Waals surface area (Å²) in [6, 6.07) is 10.8. The van der Waals surface area contributed by atoms with E-state index in [2.05, 4.69) is 48.3 Å². The highest BCUT2D eigenvalue weighted by Gasteiger charge is 2.54. The number of hydrogen-bond acceptors (Lipinski definition) is 31. The molecule has 35 heteroatoms. The molecule has 1 aliphatic carbocycles. The number of benzene rings is 2. The Hall–Kier alpha value is -8.60. The van der Waals surface area contributed by atoms with Crippen LogP contribution in [-0.2, 0) is 95.6 Å². The number of Topliss-reactive ketones (excluding diaryl/α,β-unsaturated/α-hetero) is 2. The molecule has 3 amide bonds. The zero-order chi connectivity index (χ0) is 91.8. The summed E-state index contributed by atoms with van der Waals surface area (Å²) in [6.07, 6.45) is 10.0. The number of allylic oxidation sites excluding steroid dienone is 5. The van der Waals surface area contributed by atoms with Gasteiger partial charge in [0.05, 0.1) is 122 Å². The van der Waals surface area contributed by atoms with Gasteiger partial charge in [-0.25, -0.2) is 24.2 Å². The summed E-state index contributed by atoms with van der Waals surface area (Å²) in [7, 11) is 3.10. The maximum absolute atomic E-state index is 14.7. The molecule has 4 saturated heterocycles. The van der Waals surface area contributed by atoms with E-state index in [0.717, 1.165) is 66.2 Å². The molecule has 129 heavy (non-hydrogen) atoms. The van der Waals surface area contributed by atoms with Crippen LogP contribution in [0.25, 0.3) is 33.4 Å². The minimum atomic E-state index is -2.50. The number of aliphatic hydroxyl groups is 4. The second kappa shape index (κ2) is 48.2. The molecule has 4 bridgehead atoms. The lowest BCUT2D eigenvalue weighted by Gasteiger charge is -2.42. The number of carbonyl (C=O) groups excluding carboxylic acids is 6. The quantitative estimate of drug-likeness (QED) is 0.00933. The van der Waals surface area contributed by atoms with Gasteiger partial charge in [0.15, 0.2) is 17.0 Å². The molecule has 11 N–H and O–H groups in total. The maximum Gasteiger partial charge on any atom is 0.407 e. The fourth-order valence-electron chi connectivity index (χ4n) is 19.0. The van der Waals surface area contributed by atoms with Crippen LogP contribution >= 0.6 is 0 Å². The van der Waals surface area contributed by atoms with Crippen LogP contribution in [0.2, 0.25) is 0 Å². The minimum absolute atomic E-state index is 0.0202. The number of ether oxygens (including phenoxy) is 11. The lowest BCUT2D eigenvalue weighted by molar-refractivity contribution is -0.265. The number of cyclic esters (lactones) is 1. The van der Waals surface area contributed by atoms with Crippen molar-refractivity contribution in [2.75, 3.05) is 151 Å². The Bertz CT molecular complexity index is 4660. The third-order valence-corrected chi connectivity index (χ3v) is 26.6. The maximum atomic E-state index is 14.7. The second-order valence-corrected chi connectivity index (χ2v) is 35.9. The number of fused-ring (bicyclic) bond motifs is 8. The summed E-state index contributed by atoms with van der Waals surface area (Å²) in [5, 5.41) is 55.1. The van der Waals surface area contributed by atoms with E-state index in [1.54, 1.807) is 46.9 Å². The average Bonchev–Trinajstić information content (AvgIpc) is 1.39. The summed E-state index contributed by atoms with van der Waals surface area (Å²) < 4.78 is 72.4. The first kappa shape index (κ1) is 99.4. The van der Waals surface area contributed by atoms with Crippen molar-refractivity contribution < 1.29 is 106 Å². The summed E-state index contributed by atoms with van der Waals surface area (Å²) in [5.41, 5.74) is 26.9. The number of anilines is 2. The predicted octanol–water partition coefficient (Wildman–Crippen LogP) is 6.74. The first-order valence-electron chi connectivity index (χ1n) is 46.1. The second-order valence-electron chi connectivity index (χ2n) is 35.9. The Labute approximate surface area is 755 Å². The lowest BCUT2D eigenvalue weighted by atomic mass is 9.80. The lowest BCUT2D eigenvalue weighted by Crippen LogP contribution is -2.61. The first-order valence-corrected chi connectivity index (χ1v) is 46.1.